The first kappa shape index (κ1) is 20.5. The highest BCUT2D eigenvalue weighted by Crippen LogP contribution is 2.14. The zero-order valence-corrected chi connectivity index (χ0v) is 14.3. The quantitative estimate of drug-likeness (QED) is 0.480. The summed E-state index contributed by atoms with van der Waals surface area (Å²) < 4.78 is 0. The fourth-order valence-corrected chi connectivity index (χ4v) is 2.73. The molecule has 0 aromatic heterocycles. The van der Waals surface area contributed by atoms with Gasteiger partial charge >= 0.3 is 12.0 Å². The third-order valence-corrected chi connectivity index (χ3v) is 3.83. The average molecular weight is 353 g/mol. The zero-order valence-electron chi connectivity index (χ0n) is 12.7. The molecular formula is C12H21ClN4O4S. The van der Waals surface area contributed by atoms with E-state index in [-0.39, 0.29) is 24.7 Å². The van der Waals surface area contributed by atoms with E-state index in [4.69, 9.17) is 5.11 Å². The van der Waals surface area contributed by atoms with E-state index in [2.05, 4.69) is 15.8 Å². The summed E-state index contributed by atoms with van der Waals surface area (Å²) in [4.78, 5) is 36.3. The van der Waals surface area contributed by atoms with E-state index in [1.165, 1.54) is 11.8 Å². The van der Waals surface area contributed by atoms with E-state index >= 15 is 0 Å². The lowest BCUT2D eigenvalue weighted by Gasteiger charge is -2.16. The van der Waals surface area contributed by atoms with E-state index < -0.39 is 23.8 Å². The Kier molecular flexibility index (Phi) is 8.88. The van der Waals surface area contributed by atoms with E-state index in [1.54, 1.807) is 0 Å². The summed E-state index contributed by atoms with van der Waals surface area (Å²) in [5.41, 5.74) is 2.19. The summed E-state index contributed by atoms with van der Waals surface area (Å²) in [6.07, 6.45) is -1.08. The Labute approximate surface area is 139 Å². The lowest BCUT2D eigenvalue weighted by atomic mass is 10.00. The molecule has 0 aliphatic carbocycles. The van der Waals surface area contributed by atoms with Gasteiger partial charge in [-0.3, -0.25) is 9.59 Å². The van der Waals surface area contributed by atoms with Crippen molar-refractivity contribution < 1.29 is 19.5 Å². The summed E-state index contributed by atoms with van der Waals surface area (Å²) in [5.74, 6) is -0.805. The van der Waals surface area contributed by atoms with Gasteiger partial charge < -0.3 is 15.3 Å². The van der Waals surface area contributed by atoms with Crippen LogP contribution >= 0.6 is 24.2 Å². The van der Waals surface area contributed by atoms with Gasteiger partial charge in [0.2, 0.25) is 5.78 Å². The number of amidine groups is 1. The van der Waals surface area contributed by atoms with E-state index in [0.29, 0.717) is 5.17 Å². The molecule has 0 saturated carbocycles. The number of nitrogens with zero attached hydrogens (tertiary/aromatic N) is 2. The van der Waals surface area contributed by atoms with E-state index in [9.17, 15) is 14.4 Å². The molecule has 2 amide bonds. The van der Waals surface area contributed by atoms with Crippen LogP contribution in [0.1, 0.15) is 20.3 Å². The van der Waals surface area contributed by atoms with Crippen molar-refractivity contribution >= 4 is 47.1 Å². The Hall–Kier alpha value is -1.48. The van der Waals surface area contributed by atoms with Crippen molar-refractivity contribution in [3.8, 4) is 0 Å². The topological polar surface area (TPSA) is 111 Å². The minimum absolute atomic E-state index is 0. The van der Waals surface area contributed by atoms with Gasteiger partial charge in [-0.1, -0.05) is 25.6 Å². The predicted molar refractivity (Wildman–Crippen MR) is 87.3 cm³/mol. The maximum atomic E-state index is 12.0. The Morgan fingerprint density at radius 2 is 2.05 bits per heavy atom. The van der Waals surface area contributed by atoms with Crippen LogP contribution in [-0.2, 0) is 9.59 Å². The van der Waals surface area contributed by atoms with Crippen molar-refractivity contribution in [2.75, 3.05) is 19.3 Å². The Morgan fingerprint density at radius 1 is 1.41 bits per heavy atom. The fraction of sp³-hybridized carbons (Fsp3) is 0.667. The number of hydrogen-bond acceptors (Lipinski definition) is 5. The SMILES string of the molecule is CC(C)C[C@H](NC(=O)O)C(=O)C(=O)NN=C1SCCN1C.Cl. The van der Waals surface area contributed by atoms with Crippen molar-refractivity contribution in [3.63, 3.8) is 0 Å². The molecule has 0 aromatic carbocycles. The van der Waals surface area contributed by atoms with Crippen molar-refractivity contribution in [2.24, 2.45) is 11.0 Å². The second-order valence-electron chi connectivity index (χ2n) is 5.10. The minimum atomic E-state index is -1.33. The van der Waals surface area contributed by atoms with Gasteiger partial charge in [0.05, 0.1) is 0 Å². The lowest BCUT2D eigenvalue weighted by molar-refractivity contribution is -0.139. The summed E-state index contributed by atoms with van der Waals surface area (Å²) in [6.45, 7) is 4.50. The number of hydrazone groups is 1. The summed E-state index contributed by atoms with van der Waals surface area (Å²) in [6, 6.07) is -1.06. The first-order valence-corrected chi connectivity index (χ1v) is 7.55. The number of nitrogens with one attached hydrogen (secondary N) is 2. The van der Waals surface area contributed by atoms with Crippen molar-refractivity contribution in [2.45, 2.75) is 26.3 Å². The molecular weight excluding hydrogens is 332 g/mol. The average Bonchev–Trinajstić information content (AvgIpc) is 2.78. The van der Waals surface area contributed by atoms with Crippen LogP contribution in [0.25, 0.3) is 0 Å². The molecule has 126 valence electrons. The maximum absolute atomic E-state index is 12.0. The highest BCUT2D eigenvalue weighted by atomic mass is 35.5. The molecule has 0 spiro atoms. The van der Waals surface area contributed by atoms with Crippen molar-refractivity contribution in [3.05, 3.63) is 0 Å². The van der Waals surface area contributed by atoms with E-state index in [0.717, 1.165) is 12.3 Å². The molecule has 1 heterocycles. The summed E-state index contributed by atoms with van der Waals surface area (Å²) in [7, 11) is 1.83. The van der Waals surface area contributed by atoms with Crippen LogP contribution < -0.4 is 10.7 Å². The number of Topliss-reactive ketones (excluding diaryl/α,β-unsaturated/α-hetero) is 1. The second kappa shape index (κ2) is 9.52. The molecule has 0 bridgehead atoms. The lowest BCUT2D eigenvalue weighted by Crippen LogP contribution is -2.47. The van der Waals surface area contributed by atoms with Gasteiger partial charge in [0.15, 0.2) is 5.17 Å². The molecule has 0 aromatic rings. The highest BCUT2D eigenvalue weighted by Gasteiger charge is 2.28. The number of ketones is 1. The van der Waals surface area contributed by atoms with Gasteiger partial charge in [-0.25, -0.2) is 10.2 Å². The smallest absolute Gasteiger partial charge is 0.405 e. The first-order valence-electron chi connectivity index (χ1n) is 6.56. The molecule has 1 fully saturated rings. The number of carbonyl (C=O) groups excluding carboxylic acids is 2. The van der Waals surface area contributed by atoms with E-state index in [1.807, 2.05) is 25.8 Å². The molecule has 1 saturated heterocycles. The maximum Gasteiger partial charge on any atom is 0.405 e. The number of hydrogen-bond donors (Lipinski definition) is 3. The molecule has 1 aliphatic heterocycles. The van der Waals surface area contributed by atoms with Crippen LogP contribution in [0, 0.1) is 5.92 Å². The Morgan fingerprint density at radius 3 is 2.50 bits per heavy atom. The molecule has 10 heteroatoms. The Balaban J connectivity index is 0.00000441. The molecule has 1 rings (SSSR count). The monoisotopic (exact) mass is 352 g/mol. The van der Waals surface area contributed by atoms with Gasteiger partial charge in [-0.2, -0.15) is 0 Å². The molecule has 1 atom stereocenters. The molecule has 8 nitrogen and oxygen atoms in total. The van der Waals surface area contributed by atoms with Crippen LogP contribution in [0.3, 0.4) is 0 Å². The number of rotatable bonds is 6. The Bertz CT molecular complexity index is 458. The van der Waals surface area contributed by atoms with Gasteiger partial charge in [0.25, 0.3) is 0 Å². The second-order valence-corrected chi connectivity index (χ2v) is 6.16. The zero-order chi connectivity index (χ0) is 16.0. The third-order valence-electron chi connectivity index (χ3n) is 2.78. The molecule has 0 unspecified atom stereocenters. The van der Waals surface area contributed by atoms with Gasteiger partial charge in [0.1, 0.15) is 6.04 Å². The van der Waals surface area contributed by atoms with Crippen LogP contribution in [0.15, 0.2) is 5.10 Å². The minimum Gasteiger partial charge on any atom is -0.465 e. The number of amides is 2. The van der Waals surface area contributed by atoms with Crippen LogP contribution in [0.5, 0.6) is 0 Å². The fourth-order valence-electron chi connectivity index (χ4n) is 1.76. The normalized spacial score (nSPS) is 17.1. The van der Waals surface area contributed by atoms with Crippen LogP contribution in [0.4, 0.5) is 4.79 Å². The highest BCUT2D eigenvalue weighted by molar-refractivity contribution is 8.14. The number of carboxylic acid groups (broad SMARTS) is 1. The summed E-state index contributed by atoms with van der Waals surface area (Å²) >= 11 is 1.47. The number of thioether (sulfide) groups is 1. The molecule has 1 aliphatic rings. The molecule has 3 N–H and O–H groups in total. The first-order chi connectivity index (χ1) is 9.81. The predicted octanol–water partition coefficient (Wildman–Crippen LogP) is 0.725. The number of halogens is 1. The van der Waals surface area contributed by atoms with Crippen molar-refractivity contribution in [1.82, 2.24) is 15.6 Å². The number of carbonyl (C=O) groups is 3. The van der Waals surface area contributed by atoms with Gasteiger partial charge in [-0.05, 0) is 12.3 Å². The van der Waals surface area contributed by atoms with Crippen molar-refractivity contribution in [1.29, 1.82) is 0 Å². The van der Waals surface area contributed by atoms with Gasteiger partial charge in [0, 0.05) is 19.3 Å². The standard InChI is InChI=1S/C12H20N4O4S.ClH/c1-7(2)6-8(13-12(19)20)9(17)10(18)14-15-11-16(3)4-5-21-11;/h7-8,13H,4-6H2,1-3H3,(H,14,18)(H,19,20);1H/t8-;/m0./s1. The van der Waals surface area contributed by atoms with Gasteiger partial charge in [-0.15, -0.1) is 17.5 Å². The third kappa shape index (κ3) is 6.52. The molecule has 22 heavy (non-hydrogen) atoms. The largest absolute Gasteiger partial charge is 0.465 e. The summed E-state index contributed by atoms with van der Waals surface area (Å²) in [5, 5.41) is 15.3. The molecule has 0 radical (unpaired) electrons. The van der Waals surface area contributed by atoms with Crippen LogP contribution in [0.2, 0.25) is 0 Å². The van der Waals surface area contributed by atoms with Crippen LogP contribution in [-0.4, -0.2) is 58.3 Å².